The van der Waals surface area contributed by atoms with Crippen LogP contribution in [-0.2, 0) is 11.4 Å². The molecule has 202 valence electrons. The Balaban J connectivity index is 0.000000723. The zero-order valence-corrected chi connectivity index (χ0v) is 21.7. The molecule has 0 saturated carbocycles. The summed E-state index contributed by atoms with van der Waals surface area (Å²) in [4.78, 5) is 27.2. The molecule has 0 radical (unpaired) electrons. The molecule has 3 aromatic carbocycles. The highest BCUT2D eigenvalue weighted by molar-refractivity contribution is 5.95. The number of H-pyrrole nitrogens is 1. The van der Waals surface area contributed by atoms with Crippen molar-refractivity contribution in [1.82, 2.24) is 14.5 Å². The number of hydrogen-bond acceptors (Lipinski definition) is 4. The fourth-order valence-electron chi connectivity index (χ4n) is 5.32. The molecule has 3 heterocycles. The molecule has 9 heteroatoms. The SMILES string of the molecule is CC(=O)O.CCN1CC[C@@H](n2c(=O)[nH]c3cc(/C=C4/c5ccc(F)cc5OCc5c(F)cccc54)ccc32)C1. The van der Waals surface area contributed by atoms with Crippen molar-refractivity contribution in [1.29, 1.82) is 0 Å². The predicted octanol–water partition coefficient (Wildman–Crippen LogP) is 5.45. The minimum atomic E-state index is -0.833. The van der Waals surface area contributed by atoms with Gasteiger partial charge in [0.25, 0.3) is 5.97 Å². The second-order valence-electron chi connectivity index (χ2n) is 9.68. The zero-order chi connectivity index (χ0) is 27.7. The van der Waals surface area contributed by atoms with Gasteiger partial charge in [0, 0.05) is 37.2 Å². The molecule has 1 atom stereocenters. The number of likely N-dealkylation sites (N-methyl/N-ethyl adjacent to an activating group) is 1. The average molecular weight is 534 g/mol. The van der Waals surface area contributed by atoms with Gasteiger partial charge in [0.15, 0.2) is 0 Å². The second-order valence-corrected chi connectivity index (χ2v) is 9.68. The van der Waals surface area contributed by atoms with Gasteiger partial charge in [0.1, 0.15) is 24.0 Å². The van der Waals surface area contributed by atoms with E-state index in [4.69, 9.17) is 14.6 Å². The second kappa shape index (κ2) is 10.9. The number of carboxylic acid groups (broad SMARTS) is 1. The van der Waals surface area contributed by atoms with Gasteiger partial charge in [0.2, 0.25) is 0 Å². The highest BCUT2D eigenvalue weighted by Gasteiger charge is 2.26. The molecular weight excluding hydrogens is 504 g/mol. The third kappa shape index (κ3) is 5.35. The Morgan fingerprint density at radius 2 is 1.95 bits per heavy atom. The minimum Gasteiger partial charge on any atom is -0.488 e. The Bertz CT molecular complexity index is 1640. The zero-order valence-electron chi connectivity index (χ0n) is 21.7. The van der Waals surface area contributed by atoms with E-state index in [2.05, 4.69) is 16.8 Å². The van der Waals surface area contributed by atoms with Gasteiger partial charge in [-0.05, 0) is 66.1 Å². The number of aromatic nitrogens is 2. The lowest BCUT2D eigenvalue weighted by molar-refractivity contribution is -0.134. The molecule has 2 aliphatic rings. The molecule has 0 aliphatic carbocycles. The lowest BCUT2D eigenvalue weighted by Crippen LogP contribution is -2.26. The van der Waals surface area contributed by atoms with E-state index in [-0.39, 0.29) is 24.2 Å². The van der Waals surface area contributed by atoms with Gasteiger partial charge in [-0.2, -0.15) is 0 Å². The van der Waals surface area contributed by atoms with Gasteiger partial charge in [0.05, 0.1) is 17.1 Å². The largest absolute Gasteiger partial charge is 0.488 e. The van der Waals surface area contributed by atoms with Crippen LogP contribution < -0.4 is 10.4 Å². The van der Waals surface area contributed by atoms with Crippen molar-refractivity contribution in [2.24, 2.45) is 0 Å². The molecule has 0 spiro atoms. The lowest BCUT2D eigenvalue weighted by Gasteiger charge is -2.14. The van der Waals surface area contributed by atoms with Crippen molar-refractivity contribution in [3.8, 4) is 5.75 Å². The van der Waals surface area contributed by atoms with E-state index in [0.717, 1.165) is 55.1 Å². The first kappa shape index (κ1) is 26.4. The van der Waals surface area contributed by atoms with Crippen molar-refractivity contribution < 1.29 is 23.4 Å². The number of likely N-dealkylation sites (tertiary alicyclic amines) is 1. The number of carbonyl (C=O) groups is 1. The Morgan fingerprint density at radius 3 is 2.69 bits per heavy atom. The van der Waals surface area contributed by atoms with Gasteiger partial charge in [-0.15, -0.1) is 0 Å². The number of hydrogen-bond donors (Lipinski definition) is 2. The first-order chi connectivity index (χ1) is 18.7. The lowest BCUT2D eigenvalue weighted by atomic mass is 9.92. The monoisotopic (exact) mass is 533 g/mol. The number of imidazole rings is 1. The van der Waals surface area contributed by atoms with Gasteiger partial charge >= 0.3 is 5.69 Å². The molecule has 2 aliphatic heterocycles. The molecule has 1 saturated heterocycles. The van der Waals surface area contributed by atoms with E-state index >= 15 is 0 Å². The molecule has 6 rings (SSSR count). The van der Waals surface area contributed by atoms with Crippen LogP contribution in [0.5, 0.6) is 5.75 Å². The number of halogens is 2. The number of nitrogens with zero attached hydrogens (tertiary/aromatic N) is 2. The first-order valence-electron chi connectivity index (χ1n) is 12.8. The number of fused-ring (bicyclic) bond motifs is 3. The van der Waals surface area contributed by atoms with E-state index in [1.807, 2.05) is 34.9 Å². The molecule has 4 aromatic rings. The van der Waals surface area contributed by atoms with E-state index in [9.17, 15) is 13.6 Å². The van der Waals surface area contributed by atoms with Crippen molar-refractivity contribution in [3.63, 3.8) is 0 Å². The van der Waals surface area contributed by atoms with Gasteiger partial charge in [-0.1, -0.05) is 25.1 Å². The molecule has 0 amide bonds. The summed E-state index contributed by atoms with van der Waals surface area (Å²) < 4.78 is 36.3. The highest BCUT2D eigenvalue weighted by atomic mass is 19.1. The molecular formula is C30H29F2N3O4. The summed E-state index contributed by atoms with van der Waals surface area (Å²) in [6.45, 7) is 6.06. The van der Waals surface area contributed by atoms with Crippen LogP contribution in [-0.4, -0.2) is 45.2 Å². The van der Waals surface area contributed by atoms with E-state index < -0.39 is 11.8 Å². The Hall–Kier alpha value is -4.24. The Kier molecular flexibility index (Phi) is 7.34. The number of aromatic amines is 1. The fourth-order valence-corrected chi connectivity index (χ4v) is 5.32. The molecule has 1 aromatic heterocycles. The Morgan fingerprint density at radius 1 is 1.15 bits per heavy atom. The van der Waals surface area contributed by atoms with Crippen LogP contribution in [0.3, 0.4) is 0 Å². The predicted molar refractivity (Wildman–Crippen MR) is 146 cm³/mol. The van der Waals surface area contributed by atoms with E-state index in [0.29, 0.717) is 22.4 Å². The summed E-state index contributed by atoms with van der Waals surface area (Å²) in [5.74, 6) is -1.24. The number of ether oxygens (including phenoxy) is 1. The molecule has 0 bridgehead atoms. The number of nitrogens with one attached hydrogen (secondary N) is 1. The van der Waals surface area contributed by atoms with E-state index in [1.54, 1.807) is 12.1 Å². The van der Waals surface area contributed by atoms with Crippen molar-refractivity contribution >= 4 is 28.7 Å². The van der Waals surface area contributed by atoms with Crippen molar-refractivity contribution in [2.45, 2.75) is 32.9 Å². The summed E-state index contributed by atoms with van der Waals surface area (Å²) in [5.41, 5.74) is 4.92. The Labute approximate surface area is 224 Å². The fraction of sp³-hybridized carbons (Fsp3) is 0.267. The third-order valence-corrected chi connectivity index (χ3v) is 7.13. The standard InChI is InChI=1S/C28H25F2N3O2.C2H4O2/c1-2-32-11-10-19(15-32)33-26-9-6-17(13-25(26)31-28(33)34)12-22-20-4-3-5-24(30)23(20)16-35-27-14-18(29)7-8-21(22)27;1-2(3)4/h3-9,12-14,19H,2,10-11,15-16H2,1H3,(H,31,34);1H3,(H,3,4)/b22-12+;/t19-;/m1./s1. The summed E-state index contributed by atoms with van der Waals surface area (Å²) in [7, 11) is 0. The van der Waals surface area contributed by atoms with Gasteiger partial charge in [-0.3, -0.25) is 9.36 Å². The maximum Gasteiger partial charge on any atom is 0.326 e. The molecule has 0 unspecified atom stereocenters. The quantitative estimate of drug-likeness (QED) is 0.366. The summed E-state index contributed by atoms with van der Waals surface area (Å²) in [6, 6.07) is 15.3. The number of aliphatic carboxylic acids is 1. The van der Waals surface area contributed by atoms with Crippen LogP contribution >= 0.6 is 0 Å². The highest BCUT2D eigenvalue weighted by Crippen LogP contribution is 2.39. The van der Waals surface area contributed by atoms with Crippen LogP contribution in [0.2, 0.25) is 0 Å². The number of rotatable bonds is 3. The third-order valence-electron chi connectivity index (χ3n) is 7.13. The summed E-state index contributed by atoms with van der Waals surface area (Å²) in [6.07, 6.45) is 2.88. The molecule has 39 heavy (non-hydrogen) atoms. The summed E-state index contributed by atoms with van der Waals surface area (Å²) in [5, 5.41) is 7.42. The van der Waals surface area contributed by atoms with Crippen LogP contribution in [0.1, 0.15) is 48.6 Å². The van der Waals surface area contributed by atoms with E-state index in [1.165, 1.54) is 18.2 Å². The number of carboxylic acids is 1. The minimum absolute atomic E-state index is 0.0151. The normalized spacial score (nSPS) is 17.6. The van der Waals surface area contributed by atoms with Crippen LogP contribution in [0.25, 0.3) is 22.7 Å². The number of benzene rings is 3. The van der Waals surface area contributed by atoms with Gasteiger partial charge in [-0.25, -0.2) is 13.6 Å². The van der Waals surface area contributed by atoms with Crippen LogP contribution in [0.4, 0.5) is 8.78 Å². The molecule has 1 fully saturated rings. The maximum absolute atomic E-state index is 14.7. The molecule has 2 N–H and O–H groups in total. The average Bonchev–Trinajstić information content (AvgIpc) is 3.45. The first-order valence-corrected chi connectivity index (χ1v) is 12.8. The van der Waals surface area contributed by atoms with Crippen molar-refractivity contribution in [2.75, 3.05) is 19.6 Å². The summed E-state index contributed by atoms with van der Waals surface area (Å²) >= 11 is 0. The maximum atomic E-state index is 14.7. The van der Waals surface area contributed by atoms with Crippen LogP contribution in [0.15, 0.2) is 59.4 Å². The molecule has 7 nitrogen and oxygen atoms in total. The van der Waals surface area contributed by atoms with Crippen LogP contribution in [0, 0.1) is 11.6 Å². The smallest absolute Gasteiger partial charge is 0.326 e. The van der Waals surface area contributed by atoms with Crippen molar-refractivity contribution in [3.05, 3.63) is 99.0 Å². The topological polar surface area (TPSA) is 87.6 Å². The van der Waals surface area contributed by atoms with Gasteiger partial charge < -0.3 is 19.7 Å².